The van der Waals surface area contributed by atoms with Crippen molar-refractivity contribution in [3.8, 4) is 0 Å². The van der Waals surface area contributed by atoms with Crippen LogP contribution in [0.15, 0.2) is 36.4 Å². The lowest BCUT2D eigenvalue weighted by molar-refractivity contribution is -0.136. The van der Waals surface area contributed by atoms with Crippen molar-refractivity contribution in [2.75, 3.05) is 12.4 Å². The molecule has 0 spiro atoms. The van der Waals surface area contributed by atoms with Crippen LogP contribution < -0.4 is 5.32 Å². The lowest BCUT2D eigenvalue weighted by Crippen LogP contribution is -1.98. The number of hydrogen-bond donors (Lipinski definition) is 2. The van der Waals surface area contributed by atoms with E-state index in [0.29, 0.717) is 13.2 Å². The summed E-state index contributed by atoms with van der Waals surface area (Å²) in [4.78, 5) is 12.6. The van der Waals surface area contributed by atoms with Gasteiger partial charge in [-0.2, -0.15) is 0 Å². The molecule has 1 aromatic carbocycles. The Morgan fingerprint density at radius 2 is 2.10 bits per heavy atom. The van der Waals surface area contributed by atoms with Gasteiger partial charge in [-0.3, -0.25) is 4.79 Å². The predicted molar refractivity (Wildman–Crippen MR) is 80.1 cm³/mol. The molecule has 0 aliphatic carbocycles. The Kier molecular flexibility index (Phi) is 5.15. The molecule has 0 atom stereocenters. The molecule has 0 saturated carbocycles. The molecule has 0 saturated heterocycles. The van der Waals surface area contributed by atoms with Crippen molar-refractivity contribution < 1.29 is 14.6 Å². The molecule has 1 heterocycles. The fourth-order valence-corrected chi connectivity index (χ4v) is 2.84. The monoisotopic (exact) mass is 291 g/mol. The first-order valence-electron chi connectivity index (χ1n) is 6.28. The highest BCUT2D eigenvalue weighted by molar-refractivity contribution is 7.12. The summed E-state index contributed by atoms with van der Waals surface area (Å²) in [6.45, 7) is 1.29. The Labute approximate surface area is 122 Å². The van der Waals surface area contributed by atoms with Crippen molar-refractivity contribution in [1.82, 2.24) is 0 Å². The minimum absolute atomic E-state index is 0.0913. The maximum Gasteiger partial charge on any atom is 0.308 e. The minimum Gasteiger partial charge on any atom is -0.481 e. The molecule has 0 bridgehead atoms. The van der Waals surface area contributed by atoms with E-state index < -0.39 is 5.97 Å². The summed E-state index contributed by atoms with van der Waals surface area (Å²) in [6, 6.07) is 11.9. The number of carboxylic acid groups (broad SMARTS) is 1. The van der Waals surface area contributed by atoms with Gasteiger partial charge in [0.2, 0.25) is 0 Å². The van der Waals surface area contributed by atoms with Crippen LogP contribution in [0.2, 0.25) is 0 Å². The van der Waals surface area contributed by atoms with Gasteiger partial charge in [-0.15, -0.1) is 11.3 Å². The third-order valence-corrected chi connectivity index (χ3v) is 3.83. The largest absolute Gasteiger partial charge is 0.481 e. The molecular weight excluding hydrogens is 274 g/mol. The zero-order valence-corrected chi connectivity index (χ0v) is 12.1. The van der Waals surface area contributed by atoms with Crippen molar-refractivity contribution in [3.05, 3.63) is 51.7 Å². The highest BCUT2D eigenvalue weighted by Crippen LogP contribution is 2.19. The summed E-state index contributed by atoms with van der Waals surface area (Å²) in [6.07, 6.45) is 0.0913. The molecule has 20 heavy (non-hydrogen) atoms. The fraction of sp³-hybridized carbons (Fsp3) is 0.267. The molecular formula is C15H17NO3S. The molecule has 0 amide bonds. The van der Waals surface area contributed by atoms with Gasteiger partial charge in [0.15, 0.2) is 0 Å². The minimum atomic E-state index is -0.793. The lowest BCUT2D eigenvalue weighted by atomic mass is 10.2. The Bertz CT molecular complexity index is 580. The van der Waals surface area contributed by atoms with E-state index >= 15 is 0 Å². The molecule has 2 aromatic rings. The summed E-state index contributed by atoms with van der Waals surface area (Å²) in [7, 11) is 1.68. The maximum atomic E-state index is 10.6. The molecule has 2 rings (SSSR count). The summed E-state index contributed by atoms with van der Waals surface area (Å²) >= 11 is 1.53. The van der Waals surface area contributed by atoms with Crippen LogP contribution in [0.3, 0.4) is 0 Å². The molecule has 0 aliphatic heterocycles. The summed E-state index contributed by atoms with van der Waals surface area (Å²) in [5, 5.41) is 12.1. The molecule has 0 aliphatic rings. The van der Waals surface area contributed by atoms with Crippen LogP contribution in [0.1, 0.15) is 15.3 Å². The summed E-state index contributed by atoms with van der Waals surface area (Å²) in [5.41, 5.74) is 2.16. The number of carboxylic acids is 1. The molecule has 106 valence electrons. The van der Waals surface area contributed by atoms with E-state index in [-0.39, 0.29) is 6.42 Å². The van der Waals surface area contributed by atoms with E-state index in [4.69, 9.17) is 9.84 Å². The average Bonchev–Trinajstić information content (AvgIpc) is 2.84. The summed E-state index contributed by atoms with van der Waals surface area (Å²) in [5.74, 6) is -0.793. The van der Waals surface area contributed by atoms with Crippen molar-refractivity contribution >= 4 is 23.0 Å². The normalized spacial score (nSPS) is 10.4. The van der Waals surface area contributed by atoms with Gasteiger partial charge in [0.1, 0.15) is 0 Å². The van der Waals surface area contributed by atoms with E-state index in [9.17, 15) is 4.79 Å². The molecule has 2 N–H and O–H groups in total. The molecule has 0 fully saturated rings. The van der Waals surface area contributed by atoms with Crippen molar-refractivity contribution in [2.24, 2.45) is 0 Å². The van der Waals surface area contributed by atoms with Crippen molar-refractivity contribution in [3.63, 3.8) is 0 Å². The third kappa shape index (κ3) is 4.36. The number of ether oxygens (including phenoxy) is 1. The Balaban J connectivity index is 1.92. The van der Waals surface area contributed by atoms with Crippen LogP contribution in [-0.2, 0) is 29.1 Å². The van der Waals surface area contributed by atoms with Gasteiger partial charge in [-0.1, -0.05) is 12.1 Å². The van der Waals surface area contributed by atoms with Gasteiger partial charge >= 0.3 is 5.97 Å². The maximum absolute atomic E-state index is 10.6. The second-order valence-electron chi connectivity index (χ2n) is 4.43. The van der Waals surface area contributed by atoms with Crippen LogP contribution in [-0.4, -0.2) is 18.2 Å². The standard InChI is InChI=1S/C15H17NO3S/c1-19-10-11-3-2-4-12(7-11)16-9-14-6-5-13(20-14)8-15(17)18/h2-7,16H,8-10H2,1H3,(H,17,18). The third-order valence-electron chi connectivity index (χ3n) is 2.75. The zero-order chi connectivity index (χ0) is 14.4. The second kappa shape index (κ2) is 7.07. The Hall–Kier alpha value is -1.85. The smallest absolute Gasteiger partial charge is 0.308 e. The van der Waals surface area contributed by atoms with E-state index in [1.165, 1.54) is 11.3 Å². The van der Waals surface area contributed by atoms with Crippen molar-refractivity contribution in [2.45, 2.75) is 19.6 Å². The van der Waals surface area contributed by atoms with E-state index in [1.807, 2.05) is 30.3 Å². The van der Waals surface area contributed by atoms with Gasteiger partial charge in [0.25, 0.3) is 0 Å². The SMILES string of the molecule is COCc1cccc(NCc2ccc(CC(=O)O)s2)c1. The number of methoxy groups -OCH3 is 1. The number of carbonyl (C=O) groups is 1. The number of rotatable bonds is 7. The van der Waals surface area contributed by atoms with E-state index in [1.54, 1.807) is 7.11 Å². The van der Waals surface area contributed by atoms with Crippen LogP contribution in [0.25, 0.3) is 0 Å². The second-order valence-corrected chi connectivity index (χ2v) is 5.68. The number of thiophene rings is 1. The van der Waals surface area contributed by atoms with Gasteiger partial charge in [-0.25, -0.2) is 0 Å². The van der Waals surface area contributed by atoms with Gasteiger partial charge < -0.3 is 15.2 Å². The Morgan fingerprint density at radius 1 is 1.30 bits per heavy atom. The fourth-order valence-electron chi connectivity index (χ4n) is 1.89. The number of aliphatic carboxylic acids is 1. The molecule has 1 aromatic heterocycles. The first-order chi connectivity index (χ1) is 9.67. The predicted octanol–water partition coefficient (Wildman–Crippen LogP) is 3.13. The van der Waals surface area contributed by atoms with Crippen LogP contribution in [0.4, 0.5) is 5.69 Å². The molecule has 5 heteroatoms. The van der Waals surface area contributed by atoms with Crippen LogP contribution >= 0.6 is 11.3 Å². The molecule has 0 radical (unpaired) electrons. The highest BCUT2D eigenvalue weighted by Gasteiger charge is 2.04. The Morgan fingerprint density at radius 3 is 2.85 bits per heavy atom. The summed E-state index contributed by atoms with van der Waals surface area (Å²) < 4.78 is 5.10. The first kappa shape index (κ1) is 14.6. The van der Waals surface area contributed by atoms with E-state index in [0.717, 1.165) is 21.0 Å². The average molecular weight is 291 g/mol. The number of nitrogens with one attached hydrogen (secondary N) is 1. The van der Waals surface area contributed by atoms with Crippen molar-refractivity contribution in [1.29, 1.82) is 0 Å². The number of benzene rings is 1. The van der Waals surface area contributed by atoms with E-state index in [2.05, 4.69) is 11.4 Å². The first-order valence-corrected chi connectivity index (χ1v) is 7.10. The van der Waals surface area contributed by atoms with Gasteiger partial charge in [-0.05, 0) is 29.8 Å². The molecule has 0 unspecified atom stereocenters. The van der Waals surface area contributed by atoms with Gasteiger partial charge in [0.05, 0.1) is 13.0 Å². The number of hydrogen-bond acceptors (Lipinski definition) is 4. The number of anilines is 1. The van der Waals surface area contributed by atoms with Crippen LogP contribution in [0.5, 0.6) is 0 Å². The lowest BCUT2D eigenvalue weighted by Gasteiger charge is -2.07. The highest BCUT2D eigenvalue weighted by atomic mass is 32.1. The molecule has 4 nitrogen and oxygen atoms in total. The zero-order valence-electron chi connectivity index (χ0n) is 11.3. The topological polar surface area (TPSA) is 58.6 Å². The quantitative estimate of drug-likeness (QED) is 0.823. The van der Waals surface area contributed by atoms with Gasteiger partial charge in [0, 0.05) is 29.1 Å². The van der Waals surface area contributed by atoms with Crippen LogP contribution in [0, 0.1) is 0 Å².